The van der Waals surface area contributed by atoms with Gasteiger partial charge in [-0.15, -0.1) is 0 Å². The van der Waals surface area contributed by atoms with E-state index in [1.807, 2.05) is 31.4 Å². The van der Waals surface area contributed by atoms with Crippen LogP contribution in [0.5, 0.6) is 0 Å². The normalized spacial score (nSPS) is 24.2. The maximum atomic E-state index is 12.4. The number of nitrogens with one attached hydrogen (secondary N) is 1. The summed E-state index contributed by atoms with van der Waals surface area (Å²) in [6.45, 7) is 5.00. The Bertz CT molecular complexity index is 908. The van der Waals surface area contributed by atoms with Crippen LogP contribution in [0.2, 0.25) is 0 Å². The summed E-state index contributed by atoms with van der Waals surface area (Å²) in [4.78, 5) is 26.2. The lowest BCUT2D eigenvalue weighted by atomic mass is 9.71. The number of para-hydroxylation sites is 1. The van der Waals surface area contributed by atoms with E-state index in [2.05, 4.69) is 22.3 Å². The molecular formula is C22H24N3O3. The van der Waals surface area contributed by atoms with Crippen LogP contribution in [0.25, 0.3) is 0 Å². The Morgan fingerprint density at radius 1 is 1.25 bits per heavy atom. The summed E-state index contributed by atoms with van der Waals surface area (Å²) in [7, 11) is 0. The number of hydrogen-bond acceptors (Lipinski definition) is 5. The number of primary amides is 1. The Balaban J connectivity index is 1.73. The first-order chi connectivity index (χ1) is 13.5. The number of ether oxygens (including phenoxy) is 1. The largest absolute Gasteiger partial charge is 0.378 e. The number of amides is 1. The van der Waals surface area contributed by atoms with Crippen molar-refractivity contribution in [1.29, 1.82) is 0 Å². The molecule has 0 aliphatic carbocycles. The number of fused-ring (bicyclic) bond motifs is 1. The lowest BCUT2D eigenvalue weighted by Gasteiger charge is -2.40. The number of carbonyl (C=O) groups excluding carboxylic acids is 2. The molecule has 4 rings (SSSR count). The Labute approximate surface area is 164 Å². The molecule has 28 heavy (non-hydrogen) atoms. The van der Waals surface area contributed by atoms with Gasteiger partial charge in [-0.3, -0.25) is 9.59 Å². The number of carbonyl (C=O) groups is 1. The summed E-state index contributed by atoms with van der Waals surface area (Å²) in [5.41, 5.74) is 8.94. The van der Waals surface area contributed by atoms with Crippen molar-refractivity contribution in [2.75, 3.05) is 36.5 Å². The van der Waals surface area contributed by atoms with Gasteiger partial charge in [-0.1, -0.05) is 24.3 Å². The van der Waals surface area contributed by atoms with Gasteiger partial charge >= 0.3 is 0 Å². The van der Waals surface area contributed by atoms with Gasteiger partial charge in [0.1, 0.15) is 0 Å². The molecule has 0 aromatic heterocycles. The van der Waals surface area contributed by atoms with Crippen LogP contribution in [0.4, 0.5) is 11.4 Å². The van der Waals surface area contributed by atoms with Crippen LogP contribution >= 0.6 is 0 Å². The van der Waals surface area contributed by atoms with Gasteiger partial charge in [0, 0.05) is 24.3 Å². The van der Waals surface area contributed by atoms with Crippen LogP contribution in [0, 0.1) is 0 Å². The number of hydrogen-bond donors (Lipinski definition) is 2. The average Bonchev–Trinajstić information content (AvgIpc) is 2.74. The highest BCUT2D eigenvalue weighted by atomic mass is 16.5. The summed E-state index contributed by atoms with van der Waals surface area (Å²) >= 11 is 0. The number of nitrogens with zero attached hydrogens (tertiary/aromatic N) is 1. The molecule has 3 N–H and O–H groups in total. The van der Waals surface area contributed by atoms with E-state index < -0.39 is 11.3 Å². The highest BCUT2D eigenvalue weighted by Crippen LogP contribution is 2.45. The van der Waals surface area contributed by atoms with E-state index in [1.165, 1.54) is 0 Å². The van der Waals surface area contributed by atoms with Gasteiger partial charge in [0.25, 0.3) is 0 Å². The molecule has 1 radical (unpaired) electrons. The van der Waals surface area contributed by atoms with Gasteiger partial charge < -0.3 is 20.7 Å². The standard InChI is InChI=1S/C22H24N3O3/c1-22(21(23)27)13-19(24-20-16(14-26)5-3-7-18(20)22)15-4-2-6-17(12-15)25-8-10-28-11-9-25/h2-7,12,19,24H,8-11,13H2,1H3,(H2,23,27). The summed E-state index contributed by atoms with van der Waals surface area (Å²) in [6.07, 6.45) is 2.50. The van der Waals surface area contributed by atoms with Crippen LogP contribution in [0.1, 0.15) is 36.1 Å². The molecule has 145 valence electrons. The van der Waals surface area contributed by atoms with Crippen LogP contribution in [0.15, 0.2) is 42.5 Å². The van der Waals surface area contributed by atoms with E-state index in [1.54, 1.807) is 12.1 Å². The molecule has 1 saturated heterocycles. The molecule has 6 heteroatoms. The summed E-state index contributed by atoms with van der Waals surface area (Å²) in [6, 6.07) is 13.5. The van der Waals surface area contributed by atoms with E-state index in [4.69, 9.17) is 10.5 Å². The van der Waals surface area contributed by atoms with Crippen LogP contribution in [0.3, 0.4) is 0 Å². The average molecular weight is 378 g/mol. The SMILES string of the molecule is CC1(C(N)=O)CC(c2cccc(N3CCOCC3)c2)Nc2c([C]=O)cccc21. The molecule has 0 saturated carbocycles. The third-order valence-corrected chi connectivity index (χ3v) is 5.89. The summed E-state index contributed by atoms with van der Waals surface area (Å²) in [5.74, 6) is -0.396. The molecule has 2 atom stereocenters. The van der Waals surface area contributed by atoms with Crippen molar-refractivity contribution < 1.29 is 14.3 Å². The predicted molar refractivity (Wildman–Crippen MR) is 108 cm³/mol. The lowest BCUT2D eigenvalue weighted by Crippen LogP contribution is -2.44. The highest BCUT2D eigenvalue weighted by molar-refractivity contribution is 5.94. The van der Waals surface area contributed by atoms with Crippen molar-refractivity contribution in [3.05, 3.63) is 59.2 Å². The Morgan fingerprint density at radius 3 is 2.71 bits per heavy atom. The van der Waals surface area contributed by atoms with Crippen molar-refractivity contribution in [2.24, 2.45) is 5.73 Å². The molecule has 1 fully saturated rings. The third-order valence-electron chi connectivity index (χ3n) is 5.89. The Hall–Kier alpha value is -2.86. The molecule has 0 bridgehead atoms. The molecule has 1 amide bonds. The minimum absolute atomic E-state index is 0.138. The topological polar surface area (TPSA) is 84.7 Å². The number of morpholine rings is 1. The molecular weight excluding hydrogens is 354 g/mol. The maximum Gasteiger partial charge on any atom is 0.235 e. The third kappa shape index (κ3) is 3.14. The van der Waals surface area contributed by atoms with E-state index in [-0.39, 0.29) is 6.04 Å². The number of benzene rings is 2. The van der Waals surface area contributed by atoms with E-state index in [0.717, 1.165) is 43.1 Å². The highest BCUT2D eigenvalue weighted by Gasteiger charge is 2.42. The van der Waals surface area contributed by atoms with Gasteiger partial charge in [0.2, 0.25) is 12.2 Å². The minimum atomic E-state index is -0.868. The number of nitrogens with two attached hydrogens (primary N) is 1. The fourth-order valence-corrected chi connectivity index (χ4v) is 4.19. The van der Waals surface area contributed by atoms with Crippen molar-refractivity contribution in [3.8, 4) is 0 Å². The molecule has 2 heterocycles. The van der Waals surface area contributed by atoms with Crippen molar-refractivity contribution >= 4 is 23.6 Å². The monoisotopic (exact) mass is 378 g/mol. The fourth-order valence-electron chi connectivity index (χ4n) is 4.19. The second-order valence-corrected chi connectivity index (χ2v) is 7.62. The van der Waals surface area contributed by atoms with Gasteiger partial charge in [-0.05, 0) is 42.7 Å². The summed E-state index contributed by atoms with van der Waals surface area (Å²) in [5, 5.41) is 3.46. The molecule has 2 unspecified atom stereocenters. The van der Waals surface area contributed by atoms with E-state index in [0.29, 0.717) is 17.7 Å². The second-order valence-electron chi connectivity index (χ2n) is 7.62. The van der Waals surface area contributed by atoms with E-state index >= 15 is 0 Å². The molecule has 2 aliphatic rings. The zero-order valence-corrected chi connectivity index (χ0v) is 15.9. The number of rotatable bonds is 4. The zero-order valence-electron chi connectivity index (χ0n) is 15.9. The quantitative estimate of drug-likeness (QED) is 0.853. The van der Waals surface area contributed by atoms with Gasteiger partial charge in [-0.2, -0.15) is 0 Å². The summed E-state index contributed by atoms with van der Waals surface area (Å²) < 4.78 is 5.44. The molecule has 0 spiro atoms. The lowest BCUT2D eigenvalue weighted by molar-refractivity contribution is -0.123. The molecule has 2 aromatic carbocycles. The van der Waals surface area contributed by atoms with Gasteiger partial charge in [0.15, 0.2) is 0 Å². The Morgan fingerprint density at radius 2 is 2.00 bits per heavy atom. The molecule has 2 aliphatic heterocycles. The Kier molecular flexibility index (Phi) is 4.81. The van der Waals surface area contributed by atoms with Gasteiger partial charge in [-0.25, -0.2) is 0 Å². The minimum Gasteiger partial charge on any atom is -0.378 e. The van der Waals surface area contributed by atoms with Gasteiger partial charge in [0.05, 0.1) is 30.4 Å². The first-order valence-corrected chi connectivity index (χ1v) is 9.53. The van der Waals surface area contributed by atoms with Crippen LogP contribution in [-0.4, -0.2) is 38.5 Å². The fraction of sp³-hybridized carbons (Fsp3) is 0.364. The first kappa shape index (κ1) is 18.5. The smallest absolute Gasteiger partial charge is 0.235 e. The van der Waals surface area contributed by atoms with E-state index in [9.17, 15) is 9.59 Å². The number of anilines is 2. The maximum absolute atomic E-state index is 12.4. The predicted octanol–water partition coefficient (Wildman–Crippen LogP) is 2.28. The molecule has 6 nitrogen and oxygen atoms in total. The van der Waals surface area contributed by atoms with Crippen LogP contribution in [-0.2, 0) is 19.7 Å². The van der Waals surface area contributed by atoms with Crippen molar-refractivity contribution in [3.63, 3.8) is 0 Å². The zero-order chi connectivity index (χ0) is 19.7. The second kappa shape index (κ2) is 7.28. The molecule has 2 aromatic rings. The first-order valence-electron chi connectivity index (χ1n) is 9.53. The van der Waals surface area contributed by atoms with Crippen molar-refractivity contribution in [2.45, 2.75) is 24.8 Å². The van der Waals surface area contributed by atoms with Crippen molar-refractivity contribution in [1.82, 2.24) is 0 Å². The van der Waals surface area contributed by atoms with Crippen LogP contribution < -0.4 is 16.0 Å².